The number of nitro groups is 1. The van der Waals surface area contributed by atoms with Gasteiger partial charge in [0.2, 0.25) is 0 Å². The van der Waals surface area contributed by atoms with E-state index in [4.69, 9.17) is 4.74 Å². The molecular weight excluding hydrogens is 268 g/mol. The zero-order valence-electron chi connectivity index (χ0n) is 11.2. The summed E-state index contributed by atoms with van der Waals surface area (Å²) >= 11 is 0. The lowest BCUT2D eigenvalue weighted by molar-refractivity contribution is -0.385. The first-order valence-corrected chi connectivity index (χ1v) is 7.51. The molecule has 0 aliphatic heterocycles. The minimum Gasteiger partial charge on any atom is -0.490 e. The lowest BCUT2D eigenvalue weighted by Crippen LogP contribution is -2.30. The van der Waals surface area contributed by atoms with E-state index in [0.717, 1.165) is 5.56 Å². The van der Waals surface area contributed by atoms with E-state index < -0.39 is 15.7 Å². The van der Waals surface area contributed by atoms with Gasteiger partial charge in [-0.25, -0.2) is 0 Å². The van der Waals surface area contributed by atoms with Gasteiger partial charge in [0.25, 0.3) is 0 Å². The Morgan fingerprint density at radius 1 is 1.53 bits per heavy atom. The fourth-order valence-corrected chi connectivity index (χ4v) is 2.51. The second kappa shape index (κ2) is 7.20. The molecule has 0 fully saturated rings. The topological polar surface area (TPSA) is 81.5 Å². The van der Waals surface area contributed by atoms with Gasteiger partial charge in [0.15, 0.2) is 5.75 Å². The van der Waals surface area contributed by atoms with Gasteiger partial charge in [0.05, 0.1) is 12.0 Å². The standard InChI is InChI=1S/C12H18N2O4S/c1-9(8-19(3)17)13-7-10-4-5-12(18-2)11(6-10)14(15)16/h4-6,9,13H,7-8H2,1-3H3. The number of nitrogens with zero attached hydrogens (tertiary/aromatic N) is 1. The van der Waals surface area contributed by atoms with Crippen LogP contribution in [0.1, 0.15) is 12.5 Å². The molecule has 0 bridgehead atoms. The Morgan fingerprint density at radius 2 is 2.21 bits per heavy atom. The highest BCUT2D eigenvalue weighted by atomic mass is 32.2. The summed E-state index contributed by atoms with van der Waals surface area (Å²) in [5.74, 6) is 0.801. The SMILES string of the molecule is COc1ccc(CNC(C)CS(C)=O)cc1[N+](=O)[O-]. The van der Waals surface area contributed by atoms with E-state index >= 15 is 0 Å². The van der Waals surface area contributed by atoms with Gasteiger partial charge < -0.3 is 10.1 Å². The summed E-state index contributed by atoms with van der Waals surface area (Å²) in [6.07, 6.45) is 1.65. The van der Waals surface area contributed by atoms with Crippen LogP contribution in [0.5, 0.6) is 5.75 Å². The molecule has 1 N–H and O–H groups in total. The maximum absolute atomic E-state index is 11.1. The van der Waals surface area contributed by atoms with E-state index in [9.17, 15) is 14.3 Å². The van der Waals surface area contributed by atoms with Crippen LogP contribution in [-0.4, -0.2) is 34.3 Å². The lowest BCUT2D eigenvalue weighted by Gasteiger charge is -2.12. The van der Waals surface area contributed by atoms with E-state index in [1.165, 1.54) is 13.2 Å². The molecule has 6 nitrogen and oxygen atoms in total. The molecule has 1 rings (SSSR count). The number of hydrogen-bond donors (Lipinski definition) is 1. The molecule has 0 aromatic heterocycles. The normalized spacial score (nSPS) is 13.8. The summed E-state index contributed by atoms with van der Waals surface area (Å²) in [4.78, 5) is 10.4. The molecule has 0 radical (unpaired) electrons. The van der Waals surface area contributed by atoms with E-state index in [1.807, 2.05) is 6.92 Å². The van der Waals surface area contributed by atoms with Gasteiger partial charge in [-0.1, -0.05) is 6.07 Å². The van der Waals surface area contributed by atoms with Gasteiger partial charge >= 0.3 is 5.69 Å². The van der Waals surface area contributed by atoms with Crippen LogP contribution in [0.25, 0.3) is 0 Å². The van der Waals surface area contributed by atoms with Crippen LogP contribution in [0.2, 0.25) is 0 Å². The van der Waals surface area contributed by atoms with E-state index in [0.29, 0.717) is 12.3 Å². The predicted molar refractivity (Wildman–Crippen MR) is 74.9 cm³/mol. The van der Waals surface area contributed by atoms with Crippen LogP contribution in [0.15, 0.2) is 18.2 Å². The molecule has 1 aromatic carbocycles. The van der Waals surface area contributed by atoms with Gasteiger partial charge in [-0.05, 0) is 18.6 Å². The van der Waals surface area contributed by atoms with Crippen molar-refractivity contribution in [3.8, 4) is 5.75 Å². The Morgan fingerprint density at radius 3 is 2.74 bits per heavy atom. The van der Waals surface area contributed by atoms with Crippen molar-refractivity contribution < 1.29 is 13.9 Å². The van der Waals surface area contributed by atoms with Crippen LogP contribution in [-0.2, 0) is 17.3 Å². The molecule has 0 aliphatic carbocycles. The van der Waals surface area contributed by atoms with Crippen LogP contribution in [0.4, 0.5) is 5.69 Å². The predicted octanol–water partition coefficient (Wildman–Crippen LogP) is 1.46. The Labute approximate surface area is 114 Å². The Kier molecular flexibility index (Phi) is 5.91. The molecule has 0 amide bonds. The zero-order valence-corrected chi connectivity index (χ0v) is 12.0. The maximum atomic E-state index is 11.1. The number of methoxy groups -OCH3 is 1. The lowest BCUT2D eigenvalue weighted by atomic mass is 10.2. The van der Waals surface area contributed by atoms with Crippen LogP contribution < -0.4 is 10.1 Å². The molecule has 2 unspecified atom stereocenters. The minimum atomic E-state index is -0.861. The van der Waals surface area contributed by atoms with E-state index in [-0.39, 0.29) is 17.5 Å². The third-order valence-electron chi connectivity index (χ3n) is 2.58. The zero-order chi connectivity index (χ0) is 14.4. The number of nitrogens with one attached hydrogen (secondary N) is 1. The summed E-state index contributed by atoms with van der Waals surface area (Å²) in [5.41, 5.74) is 0.745. The highest BCUT2D eigenvalue weighted by Crippen LogP contribution is 2.27. The highest BCUT2D eigenvalue weighted by Gasteiger charge is 2.15. The molecular formula is C12H18N2O4S. The quantitative estimate of drug-likeness (QED) is 0.606. The van der Waals surface area contributed by atoms with Gasteiger partial charge in [0.1, 0.15) is 0 Å². The smallest absolute Gasteiger partial charge is 0.311 e. The highest BCUT2D eigenvalue weighted by molar-refractivity contribution is 7.84. The first kappa shape index (κ1) is 15.6. The van der Waals surface area contributed by atoms with Crippen LogP contribution in [0.3, 0.4) is 0 Å². The number of nitro benzene ring substituents is 1. The number of hydrogen-bond acceptors (Lipinski definition) is 5. The molecule has 0 spiro atoms. The average molecular weight is 286 g/mol. The van der Waals surface area contributed by atoms with Crippen molar-refractivity contribution in [2.45, 2.75) is 19.5 Å². The molecule has 0 saturated heterocycles. The van der Waals surface area contributed by atoms with Crippen molar-refractivity contribution in [3.63, 3.8) is 0 Å². The number of rotatable bonds is 7. The summed E-state index contributed by atoms with van der Waals surface area (Å²) in [6.45, 7) is 2.42. The van der Waals surface area contributed by atoms with Crippen LogP contribution >= 0.6 is 0 Å². The molecule has 0 heterocycles. The van der Waals surface area contributed by atoms with Crippen molar-refractivity contribution in [2.24, 2.45) is 0 Å². The van der Waals surface area contributed by atoms with Gasteiger partial charge in [-0.15, -0.1) is 0 Å². The van der Waals surface area contributed by atoms with E-state index in [1.54, 1.807) is 18.4 Å². The fraction of sp³-hybridized carbons (Fsp3) is 0.500. The third-order valence-corrected chi connectivity index (χ3v) is 3.55. The van der Waals surface area contributed by atoms with Gasteiger partial charge in [-0.2, -0.15) is 0 Å². The van der Waals surface area contributed by atoms with Crippen LogP contribution in [0, 0.1) is 10.1 Å². The van der Waals surface area contributed by atoms with Crippen molar-refractivity contribution in [1.82, 2.24) is 5.32 Å². The first-order valence-electron chi connectivity index (χ1n) is 5.78. The van der Waals surface area contributed by atoms with Crippen molar-refractivity contribution in [2.75, 3.05) is 19.1 Å². The van der Waals surface area contributed by atoms with Gasteiger partial charge in [0, 0.05) is 41.5 Å². The molecule has 7 heteroatoms. The number of benzene rings is 1. The summed E-state index contributed by atoms with van der Waals surface area (Å²) < 4.78 is 16.0. The average Bonchev–Trinajstić information content (AvgIpc) is 2.35. The molecule has 0 aliphatic rings. The molecule has 106 valence electrons. The molecule has 2 atom stereocenters. The Balaban J connectivity index is 2.72. The van der Waals surface area contributed by atoms with Crippen molar-refractivity contribution in [3.05, 3.63) is 33.9 Å². The van der Waals surface area contributed by atoms with Gasteiger partial charge in [-0.3, -0.25) is 14.3 Å². The fourth-order valence-electron chi connectivity index (χ4n) is 1.69. The summed E-state index contributed by atoms with van der Waals surface area (Å²) in [7, 11) is 0.541. The van der Waals surface area contributed by atoms with Crippen molar-refractivity contribution >= 4 is 16.5 Å². The molecule has 1 aromatic rings. The second-order valence-corrected chi connectivity index (χ2v) is 5.76. The summed E-state index contributed by atoms with van der Waals surface area (Å²) in [6, 6.07) is 4.93. The minimum absolute atomic E-state index is 0.0477. The maximum Gasteiger partial charge on any atom is 0.311 e. The first-order chi connectivity index (χ1) is 8.93. The third kappa shape index (κ3) is 4.96. The van der Waals surface area contributed by atoms with E-state index in [2.05, 4.69) is 5.32 Å². The monoisotopic (exact) mass is 286 g/mol. The van der Waals surface area contributed by atoms with Crippen molar-refractivity contribution in [1.29, 1.82) is 0 Å². The largest absolute Gasteiger partial charge is 0.490 e. The Bertz CT molecular complexity index is 479. The summed E-state index contributed by atoms with van der Waals surface area (Å²) in [5, 5.41) is 14.1. The molecule has 19 heavy (non-hydrogen) atoms. The molecule has 0 saturated carbocycles. The number of ether oxygens (including phenoxy) is 1. The Hall–Kier alpha value is -1.47. The second-order valence-electron chi connectivity index (χ2n) is 4.29.